The monoisotopic (exact) mass is 341 g/mol. The SMILES string of the molecule is COc1ccc([C@@H]2C[C@@H](OC)[C@H](O)C[C@H]2[N+](=O)[O-])c(OC)c1OC. The van der Waals surface area contributed by atoms with Gasteiger partial charge in [-0.25, -0.2) is 0 Å². The fourth-order valence-corrected chi connectivity index (χ4v) is 3.36. The maximum atomic E-state index is 11.5. The Bertz CT molecular complexity index is 592. The van der Waals surface area contributed by atoms with Crippen LogP contribution in [0, 0.1) is 10.1 Å². The molecule has 1 aromatic carbocycles. The van der Waals surface area contributed by atoms with E-state index in [1.165, 1.54) is 28.4 Å². The highest BCUT2D eigenvalue weighted by Gasteiger charge is 2.45. The largest absolute Gasteiger partial charge is 0.493 e. The minimum absolute atomic E-state index is 0.0215. The summed E-state index contributed by atoms with van der Waals surface area (Å²) in [7, 11) is 5.96. The van der Waals surface area contributed by atoms with E-state index in [1.54, 1.807) is 12.1 Å². The summed E-state index contributed by atoms with van der Waals surface area (Å²) in [4.78, 5) is 11.2. The average Bonchev–Trinajstić information content (AvgIpc) is 2.59. The van der Waals surface area contributed by atoms with Gasteiger partial charge in [-0.3, -0.25) is 10.1 Å². The highest BCUT2D eigenvalue weighted by Crippen LogP contribution is 2.47. The minimum atomic E-state index is -0.932. The second-order valence-corrected chi connectivity index (χ2v) is 5.70. The van der Waals surface area contributed by atoms with Crippen LogP contribution in [0.3, 0.4) is 0 Å². The molecule has 0 unspecified atom stereocenters. The van der Waals surface area contributed by atoms with E-state index in [1.807, 2.05) is 0 Å². The highest BCUT2D eigenvalue weighted by molar-refractivity contribution is 5.57. The summed E-state index contributed by atoms with van der Waals surface area (Å²) >= 11 is 0. The Kier molecular flexibility index (Phi) is 5.84. The first-order valence-corrected chi connectivity index (χ1v) is 7.61. The number of hydrogen-bond donors (Lipinski definition) is 1. The Hall–Kier alpha value is -2.06. The van der Waals surface area contributed by atoms with E-state index >= 15 is 0 Å². The quantitative estimate of drug-likeness (QED) is 0.620. The van der Waals surface area contributed by atoms with Crippen molar-refractivity contribution in [3.8, 4) is 17.2 Å². The van der Waals surface area contributed by atoms with Crippen LogP contribution in [0.1, 0.15) is 24.3 Å². The summed E-state index contributed by atoms with van der Waals surface area (Å²) in [6, 6.07) is 2.50. The number of aliphatic hydroxyl groups is 1. The second-order valence-electron chi connectivity index (χ2n) is 5.70. The van der Waals surface area contributed by atoms with E-state index < -0.39 is 24.2 Å². The van der Waals surface area contributed by atoms with Gasteiger partial charge in [0.15, 0.2) is 11.5 Å². The summed E-state index contributed by atoms with van der Waals surface area (Å²) in [6.45, 7) is 0. The normalized spacial score (nSPS) is 26.7. The van der Waals surface area contributed by atoms with Gasteiger partial charge in [0.05, 0.1) is 39.5 Å². The zero-order chi connectivity index (χ0) is 17.9. The van der Waals surface area contributed by atoms with Crippen LogP contribution in [0.4, 0.5) is 0 Å². The third-order valence-electron chi connectivity index (χ3n) is 4.57. The molecule has 1 aliphatic rings. The van der Waals surface area contributed by atoms with Gasteiger partial charge in [-0.15, -0.1) is 0 Å². The minimum Gasteiger partial charge on any atom is -0.493 e. The van der Waals surface area contributed by atoms with Gasteiger partial charge in [-0.1, -0.05) is 6.07 Å². The Morgan fingerprint density at radius 2 is 1.75 bits per heavy atom. The van der Waals surface area contributed by atoms with Gasteiger partial charge in [-0.05, 0) is 12.5 Å². The molecule has 0 amide bonds. The van der Waals surface area contributed by atoms with E-state index in [0.717, 1.165) is 0 Å². The number of ether oxygens (including phenoxy) is 4. The molecule has 1 N–H and O–H groups in total. The van der Waals surface area contributed by atoms with Gasteiger partial charge < -0.3 is 24.1 Å². The predicted molar refractivity (Wildman–Crippen MR) is 85.7 cm³/mol. The lowest BCUT2D eigenvalue weighted by atomic mass is 9.77. The molecule has 8 nitrogen and oxygen atoms in total. The summed E-state index contributed by atoms with van der Waals surface area (Å²) < 4.78 is 21.4. The molecule has 1 saturated carbocycles. The maximum absolute atomic E-state index is 11.5. The van der Waals surface area contributed by atoms with Gasteiger partial charge >= 0.3 is 0 Å². The number of methoxy groups -OCH3 is 4. The van der Waals surface area contributed by atoms with Crippen molar-refractivity contribution in [1.82, 2.24) is 0 Å². The Labute approximate surface area is 140 Å². The lowest BCUT2D eigenvalue weighted by Gasteiger charge is -2.35. The van der Waals surface area contributed by atoms with E-state index in [-0.39, 0.29) is 11.3 Å². The molecule has 24 heavy (non-hydrogen) atoms. The zero-order valence-electron chi connectivity index (χ0n) is 14.2. The van der Waals surface area contributed by atoms with Gasteiger partial charge in [-0.2, -0.15) is 0 Å². The van der Waals surface area contributed by atoms with E-state index in [4.69, 9.17) is 18.9 Å². The van der Waals surface area contributed by atoms with Crippen LogP contribution in [0.2, 0.25) is 0 Å². The lowest BCUT2D eigenvalue weighted by Crippen LogP contribution is -2.45. The van der Waals surface area contributed by atoms with Gasteiger partial charge in [0.1, 0.15) is 0 Å². The van der Waals surface area contributed by atoms with E-state index in [0.29, 0.717) is 29.2 Å². The van der Waals surface area contributed by atoms with Crippen LogP contribution in [-0.2, 0) is 4.74 Å². The first-order valence-electron chi connectivity index (χ1n) is 7.61. The number of rotatable bonds is 6. The molecular formula is C16H23NO7. The topological polar surface area (TPSA) is 100 Å². The summed E-state index contributed by atoms with van der Waals surface area (Å²) in [6.07, 6.45) is -1.00. The van der Waals surface area contributed by atoms with Crippen molar-refractivity contribution >= 4 is 0 Å². The molecule has 8 heteroatoms. The first kappa shape index (κ1) is 18.3. The van der Waals surface area contributed by atoms with Crippen LogP contribution >= 0.6 is 0 Å². The fourth-order valence-electron chi connectivity index (χ4n) is 3.36. The van der Waals surface area contributed by atoms with Crippen molar-refractivity contribution in [2.75, 3.05) is 28.4 Å². The van der Waals surface area contributed by atoms with Crippen LogP contribution < -0.4 is 14.2 Å². The standard InChI is InChI=1S/C16H23NO7/c1-21-13-6-5-9(15(23-3)16(13)24-4)10-7-14(22-2)12(18)8-11(10)17(19)20/h5-6,10-12,14,18H,7-8H2,1-4H3/t10-,11+,12+,14+/m0/s1. The van der Waals surface area contributed by atoms with E-state index in [9.17, 15) is 15.2 Å². The van der Waals surface area contributed by atoms with Crippen LogP contribution in [0.15, 0.2) is 12.1 Å². The molecule has 0 bridgehead atoms. The van der Waals surface area contributed by atoms with Crippen LogP contribution in [-0.4, -0.2) is 56.7 Å². The highest BCUT2D eigenvalue weighted by atomic mass is 16.6. The molecule has 0 heterocycles. The van der Waals surface area contributed by atoms with Crippen molar-refractivity contribution in [1.29, 1.82) is 0 Å². The first-order chi connectivity index (χ1) is 11.5. The number of benzene rings is 1. The average molecular weight is 341 g/mol. The summed E-state index contributed by atoms with van der Waals surface area (Å²) in [5, 5.41) is 21.6. The van der Waals surface area contributed by atoms with Crippen molar-refractivity contribution in [3.63, 3.8) is 0 Å². The second kappa shape index (κ2) is 7.67. The lowest BCUT2D eigenvalue weighted by molar-refractivity contribution is -0.533. The third-order valence-corrected chi connectivity index (χ3v) is 4.57. The van der Waals surface area contributed by atoms with Crippen molar-refractivity contribution in [2.24, 2.45) is 0 Å². The Morgan fingerprint density at radius 3 is 2.25 bits per heavy atom. The van der Waals surface area contributed by atoms with Gasteiger partial charge in [0.25, 0.3) is 0 Å². The van der Waals surface area contributed by atoms with E-state index in [2.05, 4.69) is 0 Å². The molecular weight excluding hydrogens is 318 g/mol. The van der Waals surface area contributed by atoms with Gasteiger partial charge in [0, 0.05) is 24.0 Å². The molecule has 2 rings (SSSR count). The smallest absolute Gasteiger partial charge is 0.222 e. The molecule has 0 radical (unpaired) electrons. The fraction of sp³-hybridized carbons (Fsp3) is 0.625. The summed E-state index contributed by atoms with van der Waals surface area (Å²) in [5.41, 5.74) is 0.644. The molecule has 4 atom stereocenters. The molecule has 0 aliphatic heterocycles. The van der Waals surface area contributed by atoms with Crippen molar-refractivity contribution < 1.29 is 29.0 Å². The third kappa shape index (κ3) is 3.25. The number of nitro groups is 1. The van der Waals surface area contributed by atoms with Gasteiger partial charge in [0.2, 0.25) is 11.8 Å². The molecule has 1 fully saturated rings. The van der Waals surface area contributed by atoms with Crippen LogP contribution in [0.5, 0.6) is 17.2 Å². The molecule has 1 aromatic rings. The maximum Gasteiger partial charge on any atom is 0.222 e. The zero-order valence-corrected chi connectivity index (χ0v) is 14.2. The predicted octanol–water partition coefficient (Wildman–Crippen LogP) is 1.61. The van der Waals surface area contributed by atoms with Crippen LogP contribution in [0.25, 0.3) is 0 Å². The Morgan fingerprint density at radius 1 is 1.08 bits per heavy atom. The molecule has 1 aliphatic carbocycles. The van der Waals surface area contributed by atoms with Crippen molar-refractivity contribution in [3.05, 3.63) is 27.8 Å². The molecule has 0 saturated heterocycles. The molecule has 0 spiro atoms. The summed E-state index contributed by atoms with van der Waals surface area (Å²) in [5.74, 6) is 0.803. The molecule has 134 valence electrons. The number of aliphatic hydroxyl groups excluding tert-OH is 1. The van der Waals surface area contributed by atoms with Crippen molar-refractivity contribution in [2.45, 2.75) is 37.0 Å². The number of nitrogens with zero attached hydrogens (tertiary/aromatic N) is 1. The number of hydrogen-bond acceptors (Lipinski definition) is 7. The molecule has 0 aromatic heterocycles. The Balaban J connectivity index is 2.52.